The van der Waals surface area contributed by atoms with Gasteiger partial charge in [0.25, 0.3) is 0 Å². The summed E-state index contributed by atoms with van der Waals surface area (Å²) < 4.78 is 5.28. The van der Waals surface area contributed by atoms with Crippen LogP contribution in [-0.4, -0.2) is 17.1 Å². The fourth-order valence-electron chi connectivity index (χ4n) is 1.94. The van der Waals surface area contributed by atoms with Gasteiger partial charge in [0.1, 0.15) is 5.76 Å². The van der Waals surface area contributed by atoms with E-state index in [1.54, 1.807) is 17.6 Å². The van der Waals surface area contributed by atoms with E-state index >= 15 is 0 Å². The maximum absolute atomic E-state index is 5.40. The average Bonchev–Trinajstić information content (AvgIpc) is 3.24. The van der Waals surface area contributed by atoms with Crippen molar-refractivity contribution in [3.05, 3.63) is 59.9 Å². The van der Waals surface area contributed by atoms with Crippen molar-refractivity contribution >= 4 is 33.8 Å². The van der Waals surface area contributed by atoms with Crippen LogP contribution in [0.1, 0.15) is 5.76 Å². The quantitative estimate of drug-likeness (QED) is 0.735. The molecule has 1 N–H and O–H groups in total. The third kappa shape index (κ3) is 3.35. The molecule has 1 aromatic carbocycles. The topological polar surface area (TPSA) is 41.3 Å². The Morgan fingerprint density at radius 3 is 2.82 bits per heavy atom. The van der Waals surface area contributed by atoms with Gasteiger partial charge >= 0.3 is 0 Å². The molecule has 22 heavy (non-hydrogen) atoms. The van der Waals surface area contributed by atoms with Crippen molar-refractivity contribution in [3.63, 3.8) is 0 Å². The Kier molecular flexibility index (Phi) is 4.50. The lowest BCUT2D eigenvalue weighted by Gasteiger charge is -2.17. The van der Waals surface area contributed by atoms with Gasteiger partial charge in [0.05, 0.1) is 18.5 Å². The zero-order chi connectivity index (χ0) is 15.4. The molecule has 0 radical (unpaired) electrons. The molecule has 0 unspecified atom stereocenters. The molecule has 0 saturated carbocycles. The summed E-state index contributed by atoms with van der Waals surface area (Å²) in [7, 11) is 1.91. The summed E-state index contributed by atoms with van der Waals surface area (Å²) in [6, 6.07) is 13.9. The first-order chi connectivity index (χ1) is 10.7. The zero-order valence-corrected chi connectivity index (χ0v) is 13.7. The number of aromatic nitrogens is 1. The number of nitrogens with zero attached hydrogens (tertiary/aromatic N) is 2. The number of rotatable bonds is 4. The van der Waals surface area contributed by atoms with Crippen molar-refractivity contribution in [1.29, 1.82) is 0 Å². The summed E-state index contributed by atoms with van der Waals surface area (Å²) in [5, 5.41) is 6.67. The molecule has 112 valence electrons. The number of thiazole rings is 1. The van der Waals surface area contributed by atoms with Crippen molar-refractivity contribution in [1.82, 2.24) is 10.3 Å². The van der Waals surface area contributed by atoms with Crippen LogP contribution in [0.25, 0.3) is 11.3 Å². The monoisotopic (exact) mass is 329 g/mol. The summed E-state index contributed by atoms with van der Waals surface area (Å²) in [4.78, 5) is 6.51. The second-order valence-corrected chi connectivity index (χ2v) is 5.90. The highest BCUT2D eigenvalue weighted by Gasteiger charge is 2.12. The van der Waals surface area contributed by atoms with Gasteiger partial charge in [0.2, 0.25) is 0 Å². The predicted octanol–water partition coefficient (Wildman–Crippen LogP) is 3.91. The summed E-state index contributed by atoms with van der Waals surface area (Å²) in [5.74, 6) is 0.847. The van der Waals surface area contributed by atoms with E-state index < -0.39 is 0 Å². The molecule has 3 aromatic rings. The van der Waals surface area contributed by atoms with E-state index in [2.05, 4.69) is 10.3 Å². The minimum absolute atomic E-state index is 0.563. The van der Waals surface area contributed by atoms with Gasteiger partial charge in [-0.05, 0) is 24.4 Å². The molecule has 2 aromatic heterocycles. The number of furan rings is 1. The number of benzene rings is 1. The second kappa shape index (κ2) is 6.72. The summed E-state index contributed by atoms with van der Waals surface area (Å²) in [6.45, 7) is 0.563. The number of hydrogen-bond acceptors (Lipinski definition) is 4. The molecule has 2 heterocycles. The molecular formula is C16H15N3OS2. The first-order valence-electron chi connectivity index (χ1n) is 6.79. The Hall–Kier alpha value is -2.18. The lowest BCUT2D eigenvalue weighted by molar-refractivity contribution is 0.503. The fourth-order valence-corrected chi connectivity index (χ4v) is 2.96. The Labute approximate surface area is 138 Å². The lowest BCUT2D eigenvalue weighted by Crippen LogP contribution is -2.36. The van der Waals surface area contributed by atoms with Gasteiger partial charge in [0.15, 0.2) is 10.2 Å². The molecule has 0 aliphatic rings. The Balaban J connectivity index is 1.66. The van der Waals surface area contributed by atoms with Crippen LogP contribution in [0.2, 0.25) is 0 Å². The van der Waals surface area contributed by atoms with Crippen molar-refractivity contribution < 1.29 is 4.42 Å². The number of thiocarbonyl (C=S) groups is 1. The van der Waals surface area contributed by atoms with Crippen LogP contribution < -0.4 is 10.2 Å². The summed E-state index contributed by atoms with van der Waals surface area (Å²) >= 11 is 6.97. The van der Waals surface area contributed by atoms with Gasteiger partial charge in [-0.3, -0.25) is 4.90 Å². The van der Waals surface area contributed by atoms with E-state index in [9.17, 15) is 0 Å². The third-order valence-electron chi connectivity index (χ3n) is 3.15. The molecular weight excluding hydrogens is 314 g/mol. The molecule has 0 amide bonds. The van der Waals surface area contributed by atoms with Crippen LogP contribution in [0.5, 0.6) is 0 Å². The minimum atomic E-state index is 0.563. The zero-order valence-electron chi connectivity index (χ0n) is 12.0. The molecule has 0 spiro atoms. The van der Waals surface area contributed by atoms with Crippen LogP contribution in [0.3, 0.4) is 0 Å². The van der Waals surface area contributed by atoms with Gasteiger partial charge in [-0.25, -0.2) is 4.98 Å². The Bertz CT molecular complexity index is 738. The first-order valence-corrected chi connectivity index (χ1v) is 8.08. The molecule has 6 heteroatoms. The van der Waals surface area contributed by atoms with E-state index in [-0.39, 0.29) is 0 Å². The van der Waals surface area contributed by atoms with Gasteiger partial charge in [-0.15, -0.1) is 11.3 Å². The van der Waals surface area contributed by atoms with Crippen LogP contribution in [-0.2, 0) is 6.54 Å². The normalized spacial score (nSPS) is 10.4. The van der Waals surface area contributed by atoms with Crippen molar-refractivity contribution in [2.45, 2.75) is 6.54 Å². The molecule has 0 aliphatic heterocycles. The predicted molar refractivity (Wildman–Crippen MR) is 94.1 cm³/mol. The molecule has 0 saturated heterocycles. The maximum Gasteiger partial charge on any atom is 0.191 e. The van der Waals surface area contributed by atoms with E-state index in [0.29, 0.717) is 11.7 Å². The van der Waals surface area contributed by atoms with E-state index in [1.807, 2.05) is 59.8 Å². The van der Waals surface area contributed by atoms with Crippen molar-refractivity contribution in [3.8, 4) is 11.3 Å². The van der Waals surface area contributed by atoms with Crippen LogP contribution in [0.15, 0.2) is 58.5 Å². The molecule has 0 fully saturated rings. The SMILES string of the molecule is CN(C(=S)NCc1ccco1)c1nc(-c2ccccc2)cs1. The Morgan fingerprint density at radius 2 is 2.09 bits per heavy atom. The standard InChI is InChI=1S/C16H15N3OS2/c1-19(15(21)17-10-13-8-5-9-20-13)16-18-14(11-22-16)12-6-3-2-4-7-12/h2-9,11H,10H2,1H3,(H,17,21). The lowest BCUT2D eigenvalue weighted by atomic mass is 10.2. The molecule has 4 nitrogen and oxygen atoms in total. The fraction of sp³-hybridized carbons (Fsp3) is 0.125. The number of hydrogen-bond donors (Lipinski definition) is 1. The van der Waals surface area contributed by atoms with Crippen LogP contribution in [0.4, 0.5) is 5.13 Å². The van der Waals surface area contributed by atoms with Crippen molar-refractivity contribution in [2.24, 2.45) is 0 Å². The average molecular weight is 329 g/mol. The van der Waals surface area contributed by atoms with E-state index in [0.717, 1.165) is 22.1 Å². The highest BCUT2D eigenvalue weighted by atomic mass is 32.1. The molecule has 0 atom stereocenters. The first kappa shape index (κ1) is 14.7. The molecule has 0 aliphatic carbocycles. The second-order valence-electron chi connectivity index (χ2n) is 4.68. The smallest absolute Gasteiger partial charge is 0.191 e. The van der Waals surface area contributed by atoms with E-state index in [1.165, 1.54) is 0 Å². The number of nitrogens with one attached hydrogen (secondary N) is 1. The highest BCUT2D eigenvalue weighted by Crippen LogP contribution is 2.26. The van der Waals surface area contributed by atoms with Gasteiger partial charge in [-0.2, -0.15) is 0 Å². The Morgan fingerprint density at radius 1 is 1.27 bits per heavy atom. The minimum Gasteiger partial charge on any atom is -0.467 e. The van der Waals surface area contributed by atoms with Gasteiger partial charge in [-0.1, -0.05) is 30.3 Å². The molecule has 0 bridgehead atoms. The van der Waals surface area contributed by atoms with Crippen LogP contribution in [0, 0.1) is 0 Å². The van der Waals surface area contributed by atoms with Crippen LogP contribution >= 0.6 is 23.6 Å². The maximum atomic E-state index is 5.40. The highest BCUT2D eigenvalue weighted by molar-refractivity contribution is 7.80. The summed E-state index contributed by atoms with van der Waals surface area (Å²) in [6.07, 6.45) is 1.65. The van der Waals surface area contributed by atoms with Gasteiger partial charge < -0.3 is 9.73 Å². The number of anilines is 1. The van der Waals surface area contributed by atoms with Crippen molar-refractivity contribution in [2.75, 3.05) is 11.9 Å². The van der Waals surface area contributed by atoms with E-state index in [4.69, 9.17) is 16.6 Å². The summed E-state index contributed by atoms with van der Waals surface area (Å²) in [5.41, 5.74) is 2.06. The third-order valence-corrected chi connectivity index (χ3v) is 4.48. The molecule has 3 rings (SSSR count). The van der Waals surface area contributed by atoms with Gasteiger partial charge in [0, 0.05) is 18.0 Å². The largest absolute Gasteiger partial charge is 0.467 e.